The fraction of sp³-hybridized carbons (Fsp3) is 0.364. The van der Waals surface area contributed by atoms with E-state index in [2.05, 4.69) is 22.8 Å². The minimum Gasteiger partial charge on any atom is -0.496 e. The van der Waals surface area contributed by atoms with E-state index in [1.54, 1.807) is 7.11 Å². The van der Waals surface area contributed by atoms with E-state index >= 15 is 0 Å². The quantitative estimate of drug-likeness (QED) is 0.530. The molecule has 2 amide bonds. The van der Waals surface area contributed by atoms with Gasteiger partial charge in [-0.1, -0.05) is 48.5 Å². The van der Waals surface area contributed by atoms with Crippen LogP contribution in [0, 0.1) is 5.41 Å². The van der Waals surface area contributed by atoms with Crippen molar-refractivity contribution < 1.29 is 14.3 Å². The number of carbonyl (C=O) groups is 2. The Labute approximate surface area is 160 Å². The molecule has 0 unspecified atom stereocenters. The van der Waals surface area contributed by atoms with E-state index in [0.29, 0.717) is 25.9 Å². The van der Waals surface area contributed by atoms with Crippen molar-refractivity contribution in [2.75, 3.05) is 13.7 Å². The number of benzene rings is 2. The van der Waals surface area contributed by atoms with Gasteiger partial charge in [-0.2, -0.15) is 0 Å². The Morgan fingerprint density at radius 3 is 2.33 bits per heavy atom. The largest absolute Gasteiger partial charge is 0.496 e. The summed E-state index contributed by atoms with van der Waals surface area (Å²) in [5, 5.41) is 5.83. The summed E-state index contributed by atoms with van der Waals surface area (Å²) < 4.78 is 5.30. The van der Waals surface area contributed by atoms with Gasteiger partial charge in [0.2, 0.25) is 11.8 Å². The first-order valence-electron chi connectivity index (χ1n) is 9.38. The Kier molecular flexibility index (Phi) is 6.12. The van der Waals surface area contributed by atoms with Gasteiger partial charge in [-0.25, -0.2) is 0 Å². The second kappa shape index (κ2) is 8.71. The van der Waals surface area contributed by atoms with Crippen molar-refractivity contribution >= 4 is 11.8 Å². The normalized spacial score (nSPS) is 14.3. The molecule has 1 aliphatic carbocycles. The Balaban J connectivity index is 1.45. The summed E-state index contributed by atoms with van der Waals surface area (Å²) in [6.07, 6.45) is 2.98. The lowest BCUT2D eigenvalue weighted by atomic mass is 10.0. The molecule has 0 bridgehead atoms. The van der Waals surface area contributed by atoms with E-state index < -0.39 is 5.41 Å². The monoisotopic (exact) mass is 366 g/mol. The van der Waals surface area contributed by atoms with Crippen molar-refractivity contribution in [2.45, 2.75) is 32.2 Å². The number of amides is 2. The summed E-state index contributed by atoms with van der Waals surface area (Å²) in [5.41, 5.74) is 1.25. The molecule has 2 aromatic rings. The number of para-hydroxylation sites is 1. The molecule has 2 N–H and O–H groups in total. The number of carbonyl (C=O) groups excluding carboxylic acids is 2. The van der Waals surface area contributed by atoms with E-state index in [4.69, 9.17) is 4.74 Å². The van der Waals surface area contributed by atoms with Crippen molar-refractivity contribution in [3.05, 3.63) is 65.7 Å². The van der Waals surface area contributed by atoms with E-state index in [9.17, 15) is 9.59 Å². The van der Waals surface area contributed by atoms with Crippen molar-refractivity contribution in [1.82, 2.24) is 10.6 Å². The molecule has 2 aromatic carbocycles. The van der Waals surface area contributed by atoms with Crippen LogP contribution in [0.5, 0.6) is 5.75 Å². The van der Waals surface area contributed by atoms with Crippen LogP contribution in [0.2, 0.25) is 0 Å². The highest BCUT2D eigenvalue weighted by Gasteiger charge is 2.56. The van der Waals surface area contributed by atoms with Crippen LogP contribution >= 0.6 is 0 Å². The molecular weight excluding hydrogens is 340 g/mol. The van der Waals surface area contributed by atoms with E-state index in [-0.39, 0.29) is 11.8 Å². The molecule has 0 spiro atoms. The molecular formula is C22H26N2O3. The molecule has 1 saturated carbocycles. The first-order chi connectivity index (χ1) is 13.2. The lowest BCUT2D eigenvalue weighted by Crippen LogP contribution is -2.43. The average Bonchev–Trinajstić information content (AvgIpc) is 3.52. The number of hydrogen-bond donors (Lipinski definition) is 2. The number of methoxy groups -OCH3 is 1. The summed E-state index contributed by atoms with van der Waals surface area (Å²) in [5.74, 6) is 0.370. The number of aryl methyl sites for hydroxylation is 1. The number of hydrogen-bond acceptors (Lipinski definition) is 3. The SMILES string of the molecule is COc1ccccc1CNC(=O)C1(C(=O)NCCCc2ccccc2)CC1. The van der Waals surface area contributed by atoms with Gasteiger partial charge in [0.25, 0.3) is 0 Å². The summed E-state index contributed by atoms with van der Waals surface area (Å²) in [6, 6.07) is 17.7. The predicted octanol–water partition coefficient (Wildman–Crippen LogP) is 2.84. The lowest BCUT2D eigenvalue weighted by Gasteiger charge is -2.16. The zero-order chi connectivity index (χ0) is 19.1. The highest BCUT2D eigenvalue weighted by Crippen LogP contribution is 2.46. The maximum absolute atomic E-state index is 12.6. The molecule has 142 valence electrons. The van der Waals surface area contributed by atoms with E-state index in [0.717, 1.165) is 24.2 Å². The summed E-state index contributed by atoms with van der Waals surface area (Å²) in [6.45, 7) is 0.932. The maximum Gasteiger partial charge on any atom is 0.235 e. The van der Waals surface area contributed by atoms with Gasteiger partial charge in [0.15, 0.2) is 0 Å². The number of rotatable bonds is 9. The second-order valence-corrected chi connectivity index (χ2v) is 6.92. The summed E-state index contributed by atoms with van der Waals surface area (Å²) in [7, 11) is 1.60. The minimum atomic E-state index is -0.894. The lowest BCUT2D eigenvalue weighted by molar-refractivity contribution is -0.137. The van der Waals surface area contributed by atoms with Crippen LogP contribution in [0.15, 0.2) is 54.6 Å². The molecule has 0 heterocycles. The van der Waals surface area contributed by atoms with Crippen LogP contribution < -0.4 is 15.4 Å². The highest BCUT2D eigenvalue weighted by atomic mass is 16.5. The molecule has 0 atom stereocenters. The number of nitrogens with one attached hydrogen (secondary N) is 2. The van der Waals surface area contributed by atoms with Crippen LogP contribution in [0.1, 0.15) is 30.4 Å². The molecule has 1 fully saturated rings. The fourth-order valence-corrected chi connectivity index (χ4v) is 3.18. The van der Waals surface area contributed by atoms with Gasteiger partial charge in [0.1, 0.15) is 11.2 Å². The molecule has 27 heavy (non-hydrogen) atoms. The van der Waals surface area contributed by atoms with Gasteiger partial charge >= 0.3 is 0 Å². The Hall–Kier alpha value is -2.82. The van der Waals surface area contributed by atoms with E-state index in [1.165, 1.54) is 5.56 Å². The minimum absolute atomic E-state index is 0.159. The van der Waals surface area contributed by atoms with Crippen molar-refractivity contribution in [3.63, 3.8) is 0 Å². The molecule has 0 saturated heterocycles. The standard InChI is InChI=1S/C22H26N2O3/c1-27-19-12-6-5-11-18(19)16-24-21(26)22(13-14-22)20(25)23-15-7-10-17-8-3-2-4-9-17/h2-6,8-9,11-12H,7,10,13-16H2,1H3,(H,23,25)(H,24,26). The van der Waals surface area contributed by atoms with Gasteiger partial charge in [-0.3, -0.25) is 9.59 Å². The average molecular weight is 366 g/mol. The van der Waals surface area contributed by atoms with E-state index in [1.807, 2.05) is 42.5 Å². The Morgan fingerprint density at radius 2 is 1.63 bits per heavy atom. The molecule has 0 aromatic heterocycles. The molecule has 0 radical (unpaired) electrons. The van der Waals surface area contributed by atoms with Gasteiger partial charge in [0, 0.05) is 18.7 Å². The first kappa shape index (κ1) is 19.0. The van der Waals surface area contributed by atoms with Crippen LogP contribution in [-0.2, 0) is 22.6 Å². The molecule has 5 nitrogen and oxygen atoms in total. The predicted molar refractivity (Wildman–Crippen MR) is 104 cm³/mol. The Morgan fingerprint density at radius 1 is 0.963 bits per heavy atom. The van der Waals surface area contributed by atoms with Gasteiger partial charge < -0.3 is 15.4 Å². The van der Waals surface area contributed by atoms with Gasteiger partial charge in [0.05, 0.1) is 7.11 Å². The van der Waals surface area contributed by atoms with Crippen LogP contribution in [0.3, 0.4) is 0 Å². The van der Waals surface area contributed by atoms with Gasteiger partial charge in [-0.15, -0.1) is 0 Å². The third-order valence-electron chi connectivity index (χ3n) is 5.02. The summed E-state index contributed by atoms with van der Waals surface area (Å²) >= 11 is 0. The molecule has 1 aliphatic rings. The third-order valence-corrected chi connectivity index (χ3v) is 5.02. The van der Waals surface area contributed by atoms with Crippen LogP contribution in [0.25, 0.3) is 0 Å². The van der Waals surface area contributed by atoms with Crippen molar-refractivity contribution in [2.24, 2.45) is 5.41 Å². The second-order valence-electron chi connectivity index (χ2n) is 6.92. The third kappa shape index (κ3) is 4.67. The molecule has 0 aliphatic heterocycles. The molecule has 3 rings (SSSR count). The van der Waals surface area contributed by atoms with Crippen LogP contribution in [-0.4, -0.2) is 25.5 Å². The Bertz CT molecular complexity index is 785. The van der Waals surface area contributed by atoms with Crippen molar-refractivity contribution in [3.8, 4) is 5.75 Å². The molecule has 5 heteroatoms. The smallest absolute Gasteiger partial charge is 0.235 e. The summed E-state index contributed by atoms with van der Waals surface area (Å²) in [4.78, 5) is 25.1. The van der Waals surface area contributed by atoms with Crippen molar-refractivity contribution in [1.29, 1.82) is 0 Å². The number of ether oxygens (including phenoxy) is 1. The van der Waals surface area contributed by atoms with Gasteiger partial charge in [-0.05, 0) is 37.3 Å². The first-order valence-corrected chi connectivity index (χ1v) is 9.38. The highest BCUT2D eigenvalue weighted by molar-refractivity contribution is 6.07. The maximum atomic E-state index is 12.6. The topological polar surface area (TPSA) is 67.4 Å². The fourth-order valence-electron chi connectivity index (χ4n) is 3.18. The van der Waals surface area contributed by atoms with Crippen LogP contribution in [0.4, 0.5) is 0 Å². The zero-order valence-corrected chi connectivity index (χ0v) is 15.7. The zero-order valence-electron chi connectivity index (χ0n) is 15.7.